The molecule has 2 atom stereocenters. The first kappa shape index (κ1) is 10.8. The molecule has 1 aromatic rings. The maximum Gasteiger partial charge on any atom is 0.377 e. The Kier molecular flexibility index (Phi) is 3.01. The van der Waals surface area contributed by atoms with E-state index in [-0.39, 0.29) is 12.7 Å². The van der Waals surface area contributed by atoms with Gasteiger partial charge < -0.3 is 9.47 Å². The second kappa shape index (κ2) is 4.45. The van der Waals surface area contributed by atoms with E-state index in [9.17, 15) is 9.59 Å². The van der Waals surface area contributed by atoms with Crippen LogP contribution in [-0.2, 0) is 25.7 Å². The fraction of sp³-hybridized carbons (Fsp3) is 0.333. The van der Waals surface area contributed by atoms with Crippen molar-refractivity contribution in [2.24, 2.45) is 0 Å². The van der Waals surface area contributed by atoms with Crippen LogP contribution in [0.1, 0.15) is 12.5 Å². The Bertz CT molecular complexity index is 399. The summed E-state index contributed by atoms with van der Waals surface area (Å²) in [5.74, 6) is -1.42. The number of benzene rings is 1. The molecule has 0 bridgehead atoms. The SMILES string of the molecule is C[C@H]1OC1C(=O)C(=O)OCc1ccccc1. The van der Waals surface area contributed by atoms with E-state index >= 15 is 0 Å². The lowest BCUT2D eigenvalue weighted by atomic mass is 10.2. The monoisotopic (exact) mass is 220 g/mol. The number of rotatable bonds is 4. The van der Waals surface area contributed by atoms with E-state index in [1.165, 1.54) is 0 Å². The van der Waals surface area contributed by atoms with E-state index in [1.54, 1.807) is 6.92 Å². The van der Waals surface area contributed by atoms with Gasteiger partial charge >= 0.3 is 5.97 Å². The van der Waals surface area contributed by atoms with Gasteiger partial charge in [0, 0.05) is 0 Å². The summed E-state index contributed by atoms with van der Waals surface area (Å²) in [4.78, 5) is 22.6. The number of Topliss-reactive ketones (excluding diaryl/α,β-unsaturated/α-hetero) is 1. The van der Waals surface area contributed by atoms with Crippen molar-refractivity contribution < 1.29 is 19.1 Å². The molecule has 84 valence electrons. The summed E-state index contributed by atoms with van der Waals surface area (Å²) >= 11 is 0. The van der Waals surface area contributed by atoms with Crippen molar-refractivity contribution in [3.63, 3.8) is 0 Å². The van der Waals surface area contributed by atoms with Gasteiger partial charge in [0.05, 0.1) is 6.10 Å². The van der Waals surface area contributed by atoms with Crippen molar-refractivity contribution in [3.8, 4) is 0 Å². The number of ketones is 1. The highest BCUT2D eigenvalue weighted by molar-refractivity contribution is 6.36. The Balaban J connectivity index is 1.82. The average Bonchev–Trinajstić information content (AvgIpc) is 3.03. The fourth-order valence-electron chi connectivity index (χ4n) is 1.37. The van der Waals surface area contributed by atoms with Gasteiger partial charge in [-0.25, -0.2) is 4.79 Å². The van der Waals surface area contributed by atoms with Crippen LogP contribution in [0.3, 0.4) is 0 Å². The minimum Gasteiger partial charge on any atom is -0.455 e. The molecule has 1 saturated heterocycles. The molecule has 16 heavy (non-hydrogen) atoms. The number of epoxide rings is 1. The van der Waals surface area contributed by atoms with Crippen LogP contribution in [-0.4, -0.2) is 24.0 Å². The Morgan fingerprint density at radius 2 is 1.94 bits per heavy atom. The molecule has 4 nitrogen and oxygen atoms in total. The van der Waals surface area contributed by atoms with E-state index < -0.39 is 17.9 Å². The van der Waals surface area contributed by atoms with E-state index in [2.05, 4.69) is 0 Å². The van der Waals surface area contributed by atoms with E-state index in [0.29, 0.717) is 0 Å². The van der Waals surface area contributed by atoms with Crippen LogP contribution < -0.4 is 0 Å². The standard InChI is InChI=1S/C12H12O4/c1-8-11(16-8)10(13)12(14)15-7-9-5-3-2-4-6-9/h2-6,8,11H,7H2,1H3/t8-,11?/m1/s1. The minimum atomic E-state index is -0.821. The summed E-state index contributed by atoms with van der Waals surface area (Å²) in [6.45, 7) is 1.86. The van der Waals surface area contributed by atoms with Gasteiger partial charge in [-0.1, -0.05) is 30.3 Å². The largest absolute Gasteiger partial charge is 0.455 e. The van der Waals surface area contributed by atoms with E-state index in [1.807, 2.05) is 30.3 Å². The van der Waals surface area contributed by atoms with Gasteiger partial charge in [0.1, 0.15) is 6.61 Å². The molecule has 1 unspecified atom stereocenters. The fourth-order valence-corrected chi connectivity index (χ4v) is 1.37. The zero-order chi connectivity index (χ0) is 11.5. The molecule has 1 aromatic carbocycles. The van der Waals surface area contributed by atoms with Crippen LogP contribution in [0.25, 0.3) is 0 Å². The summed E-state index contributed by atoms with van der Waals surface area (Å²) in [5.41, 5.74) is 0.855. The summed E-state index contributed by atoms with van der Waals surface area (Å²) < 4.78 is 9.77. The van der Waals surface area contributed by atoms with Crippen molar-refractivity contribution in [3.05, 3.63) is 35.9 Å². The smallest absolute Gasteiger partial charge is 0.377 e. The zero-order valence-electron chi connectivity index (χ0n) is 8.88. The maximum atomic E-state index is 11.3. The lowest BCUT2D eigenvalue weighted by molar-refractivity contribution is -0.155. The number of ether oxygens (including phenoxy) is 2. The minimum absolute atomic E-state index is 0.118. The van der Waals surface area contributed by atoms with Gasteiger partial charge in [-0.05, 0) is 12.5 Å². The molecule has 0 aromatic heterocycles. The first-order valence-electron chi connectivity index (χ1n) is 5.09. The molecular formula is C12H12O4. The molecule has 4 heteroatoms. The van der Waals surface area contributed by atoms with Crippen molar-refractivity contribution in [2.75, 3.05) is 0 Å². The molecule has 0 amide bonds. The Labute approximate surface area is 93.2 Å². The highest BCUT2D eigenvalue weighted by Crippen LogP contribution is 2.22. The highest BCUT2D eigenvalue weighted by atomic mass is 16.6. The van der Waals surface area contributed by atoms with Gasteiger partial charge in [0.25, 0.3) is 5.78 Å². The molecule has 1 fully saturated rings. The van der Waals surface area contributed by atoms with Crippen LogP contribution in [0.2, 0.25) is 0 Å². The number of hydrogen-bond acceptors (Lipinski definition) is 4. The maximum absolute atomic E-state index is 11.3. The van der Waals surface area contributed by atoms with E-state index in [4.69, 9.17) is 9.47 Å². The van der Waals surface area contributed by atoms with Crippen LogP contribution in [0.4, 0.5) is 0 Å². The molecule has 1 aliphatic heterocycles. The van der Waals surface area contributed by atoms with Crippen molar-refractivity contribution in [2.45, 2.75) is 25.7 Å². The van der Waals surface area contributed by atoms with Crippen molar-refractivity contribution >= 4 is 11.8 Å². The van der Waals surface area contributed by atoms with Gasteiger partial charge in [0.2, 0.25) is 0 Å². The lowest BCUT2D eigenvalue weighted by Gasteiger charge is -2.02. The summed E-state index contributed by atoms with van der Waals surface area (Å²) in [6, 6.07) is 9.21. The molecule has 0 spiro atoms. The second-order valence-corrected chi connectivity index (χ2v) is 3.69. The van der Waals surface area contributed by atoms with Crippen molar-refractivity contribution in [1.82, 2.24) is 0 Å². The van der Waals surface area contributed by atoms with Crippen LogP contribution in [0.5, 0.6) is 0 Å². The van der Waals surface area contributed by atoms with Crippen molar-refractivity contribution in [1.29, 1.82) is 0 Å². The van der Waals surface area contributed by atoms with Crippen LogP contribution in [0, 0.1) is 0 Å². The molecule has 0 saturated carbocycles. The normalized spacial score (nSPS) is 22.6. The average molecular weight is 220 g/mol. The Morgan fingerprint density at radius 3 is 2.50 bits per heavy atom. The number of carbonyl (C=O) groups is 2. The first-order chi connectivity index (χ1) is 7.68. The molecule has 1 aliphatic rings. The number of carbonyl (C=O) groups excluding carboxylic acids is 2. The second-order valence-electron chi connectivity index (χ2n) is 3.69. The Morgan fingerprint density at radius 1 is 1.31 bits per heavy atom. The van der Waals surface area contributed by atoms with Gasteiger partial charge in [-0.15, -0.1) is 0 Å². The predicted molar refractivity (Wildman–Crippen MR) is 55.6 cm³/mol. The molecule has 0 radical (unpaired) electrons. The third kappa shape index (κ3) is 2.46. The van der Waals surface area contributed by atoms with E-state index in [0.717, 1.165) is 5.56 Å². The quantitative estimate of drug-likeness (QED) is 0.433. The van der Waals surface area contributed by atoms with Crippen LogP contribution >= 0.6 is 0 Å². The summed E-state index contributed by atoms with van der Waals surface area (Å²) in [7, 11) is 0. The number of esters is 1. The molecule has 2 rings (SSSR count). The number of hydrogen-bond donors (Lipinski definition) is 0. The predicted octanol–water partition coefficient (Wildman–Crippen LogP) is 1.09. The van der Waals surface area contributed by atoms with Crippen LogP contribution in [0.15, 0.2) is 30.3 Å². The first-order valence-corrected chi connectivity index (χ1v) is 5.09. The van der Waals surface area contributed by atoms with Gasteiger partial charge in [-0.3, -0.25) is 4.79 Å². The third-order valence-corrected chi connectivity index (χ3v) is 2.38. The third-order valence-electron chi connectivity index (χ3n) is 2.38. The molecule has 0 aliphatic carbocycles. The van der Waals surface area contributed by atoms with Gasteiger partial charge in [0.15, 0.2) is 6.10 Å². The highest BCUT2D eigenvalue weighted by Gasteiger charge is 2.44. The molecular weight excluding hydrogens is 208 g/mol. The topological polar surface area (TPSA) is 55.9 Å². The molecule has 1 heterocycles. The lowest BCUT2D eigenvalue weighted by Crippen LogP contribution is -2.23. The molecule has 0 N–H and O–H groups in total. The zero-order valence-corrected chi connectivity index (χ0v) is 8.88. The Hall–Kier alpha value is -1.68. The van der Waals surface area contributed by atoms with Gasteiger partial charge in [-0.2, -0.15) is 0 Å². The summed E-state index contributed by atoms with van der Waals surface area (Å²) in [5, 5.41) is 0. The summed E-state index contributed by atoms with van der Waals surface area (Å²) in [6.07, 6.45) is -0.750.